The molecule has 96 valence electrons. The van der Waals surface area contributed by atoms with E-state index in [9.17, 15) is 13.2 Å². The smallest absolute Gasteiger partial charge is 0.129 e. The summed E-state index contributed by atoms with van der Waals surface area (Å²) in [5.41, 5.74) is -0.395. The van der Waals surface area contributed by atoms with Crippen molar-refractivity contribution in [2.45, 2.75) is 38.9 Å². The van der Waals surface area contributed by atoms with Crippen LogP contribution in [0.4, 0.5) is 13.2 Å². The predicted octanol–water partition coefficient (Wildman–Crippen LogP) is 3.23. The van der Waals surface area contributed by atoms with Gasteiger partial charge in [-0.25, -0.2) is 13.2 Å². The molecule has 0 fully saturated rings. The SMILES string of the molecule is CC(C)(C)NCC(F)Cc1c(F)cccc1F. The van der Waals surface area contributed by atoms with E-state index in [1.807, 2.05) is 20.8 Å². The minimum atomic E-state index is -1.30. The Morgan fingerprint density at radius 3 is 2.18 bits per heavy atom. The Labute approximate surface area is 100 Å². The van der Waals surface area contributed by atoms with Crippen molar-refractivity contribution in [1.29, 1.82) is 0 Å². The molecule has 0 aromatic heterocycles. The fourth-order valence-electron chi connectivity index (χ4n) is 1.44. The molecule has 1 N–H and O–H groups in total. The molecule has 1 atom stereocenters. The molecule has 17 heavy (non-hydrogen) atoms. The molecule has 0 amide bonds. The summed E-state index contributed by atoms with van der Waals surface area (Å²) in [7, 11) is 0. The third-order valence-corrected chi connectivity index (χ3v) is 2.34. The van der Waals surface area contributed by atoms with Crippen molar-refractivity contribution in [3.63, 3.8) is 0 Å². The van der Waals surface area contributed by atoms with Crippen molar-refractivity contribution < 1.29 is 13.2 Å². The molecule has 0 saturated carbocycles. The maximum Gasteiger partial charge on any atom is 0.129 e. The van der Waals surface area contributed by atoms with Gasteiger partial charge in [-0.1, -0.05) is 6.07 Å². The quantitative estimate of drug-likeness (QED) is 0.858. The first-order valence-corrected chi connectivity index (χ1v) is 5.61. The van der Waals surface area contributed by atoms with Crippen LogP contribution in [-0.4, -0.2) is 18.3 Å². The van der Waals surface area contributed by atoms with Crippen LogP contribution in [-0.2, 0) is 6.42 Å². The Balaban J connectivity index is 2.59. The number of nitrogens with one attached hydrogen (secondary N) is 1. The van der Waals surface area contributed by atoms with Crippen molar-refractivity contribution >= 4 is 0 Å². The van der Waals surface area contributed by atoms with E-state index in [-0.39, 0.29) is 24.1 Å². The molecule has 1 unspecified atom stereocenters. The van der Waals surface area contributed by atoms with Crippen molar-refractivity contribution in [1.82, 2.24) is 5.32 Å². The van der Waals surface area contributed by atoms with E-state index in [4.69, 9.17) is 0 Å². The van der Waals surface area contributed by atoms with Gasteiger partial charge >= 0.3 is 0 Å². The molecule has 0 aliphatic rings. The molecule has 1 aromatic rings. The second-order valence-corrected chi connectivity index (χ2v) is 5.13. The lowest BCUT2D eigenvalue weighted by atomic mass is 10.1. The molecule has 0 saturated heterocycles. The zero-order valence-electron chi connectivity index (χ0n) is 10.4. The van der Waals surface area contributed by atoms with Gasteiger partial charge in [0.1, 0.15) is 17.8 Å². The van der Waals surface area contributed by atoms with Gasteiger partial charge in [0.25, 0.3) is 0 Å². The van der Waals surface area contributed by atoms with Crippen LogP contribution in [0, 0.1) is 11.6 Å². The molecule has 0 aliphatic heterocycles. The third kappa shape index (κ3) is 4.77. The summed E-state index contributed by atoms with van der Waals surface area (Å²) in [5.74, 6) is -1.38. The molecule has 1 rings (SSSR count). The van der Waals surface area contributed by atoms with Crippen molar-refractivity contribution in [2.75, 3.05) is 6.54 Å². The average molecular weight is 245 g/mol. The lowest BCUT2D eigenvalue weighted by molar-refractivity contribution is 0.280. The monoisotopic (exact) mass is 245 g/mol. The number of halogens is 3. The topological polar surface area (TPSA) is 12.0 Å². The maximum atomic E-state index is 13.6. The number of rotatable bonds is 4. The summed E-state index contributed by atoms with van der Waals surface area (Å²) in [6, 6.07) is 3.56. The highest BCUT2D eigenvalue weighted by molar-refractivity contribution is 5.20. The highest BCUT2D eigenvalue weighted by Crippen LogP contribution is 2.15. The molecule has 0 bridgehead atoms. The van der Waals surface area contributed by atoms with Gasteiger partial charge in [0.05, 0.1) is 0 Å². The van der Waals surface area contributed by atoms with Gasteiger partial charge in [-0.05, 0) is 32.9 Å². The van der Waals surface area contributed by atoms with E-state index in [0.29, 0.717) is 0 Å². The van der Waals surface area contributed by atoms with Gasteiger partial charge in [-0.3, -0.25) is 0 Å². The standard InChI is InChI=1S/C13H18F3N/c1-13(2,3)17-8-9(14)7-10-11(15)5-4-6-12(10)16/h4-6,9,17H,7-8H2,1-3H3. The summed E-state index contributed by atoms with van der Waals surface area (Å²) in [6.07, 6.45) is -1.55. The molecule has 0 heterocycles. The third-order valence-electron chi connectivity index (χ3n) is 2.34. The lowest BCUT2D eigenvalue weighted by Crippen LogP contribution is -2.40. The van der Waals surface area contributed by atoms with Gasteiger partial charge in [-0.15, -0.1) is 0 Å². The Kier molecular flexibility index (Phi) is 4.57. The van der Waals surface area contributed by atoms with Gasteiger partial charge in [0.15, 0.2) is 0 Å². The molecule has 4 heteroatoms. The zero-order valence-corrected chi connectivity index (χ0v) is 10.4. The van der Waals surface area contributed by atoms with Crippen LogP contribution in [0.5, 0.6) is 0 Å². The number of hydrogen-bond acceptors (Lipinski definition) is 1. The molecule has 0 spiro atoms. The van der Waals surface area contributed by atoms with Crippen molar-refractivity contribution in [3.05, 3.63) is 35.4 Å². The Bertz CT molecular complexity index is 351. The molecular weight excluding hydrogens is 227 g/mol. The lowest BCUT2D eigenvalue weighted by Gasteiger charge is -2.22. The maximum absolute atomic E-state index is 13.6. The number of hydrogen-bond donors (Lipinski definition) is 1. The minimum Gasteiger partial charge on any atom is -0.309 e. The first-order valence-electron chi connectivity index (χ1n) is 5.61. The minimum absolute atomic E-state index is 0.0806. The summed E-state index contributed by atoms with van der Waals surface area (Å²) in [5, 5.41) is 2.96. The van der Waals surface area contributed by atoms with Crippen LogP contribution in [0.3, 0.4) is 0 Å². The fourth-order valence-corrected chi connectivity index (χ4v) is 1.44. The zero-order chi connectivity index (χ0) is 13.1. The Morgan fingerprint density at radius 2 is 1.71 bits per heavy atom. The van der Waals surface area contributed by atoms with Crippen molar-refractivity contribution in [2.24, 2.45) is 0 Å². The fraction of sp³-hybridized carbons (Fsp3) is 0.538. The van der Waals surface area contributed by atoms with Crippen LogP contribution in [0.2, 0.25) is 0 Å². The summed E-state index contributed by atoms with van der Waals surface area (Å²) in [4.78, 5) is 0. The summed E-state index contributed by atoms with van der Waals surface area (Å²) >= 11 is 0. The van der Waals surface area contributed by atoms with Crippen LogP contribution < -0.4 is 5.32 Å². The average Bonchev–Trinajstić information content (AvgIpc) is 2.20. The highest BCUT2D eigenvalue weighted by Gasteiger charge is 2.17. The van der Waals surface area contributed by atoms with Gasteiger partial charge < -0.3 is 5.32 Å². The van der Waals surface area contributed by atoms with Gasteiger partial charge in [0, 0.05) is 24.1 Å². The van der Waals surface area contributed by atoms with Crippen LogP contribution >= 0.6 is 0 Å². The first-order chi connectivity index (χ1) is 7.79. The number of benzene rings is 1. The van der Waals surface area contributed by atoms with Gasteiger partial charge in [-0.2, -0.15) is 0 Å². The van der Waals surface area contributed by atoms with E-state index in [1.165, 1.54) is 6.07 Å². The summed E-state index contributed by atoms with van der Waals surface area (Å²) in [6.45, 7) is 5.80. The molecule has 0 radical (unpaired) electrons. The Morgan fingerprint density at radius 1 is 1.18 bits per heavy atom. The number of alkyl halides is 1. The highest BCUT2D eigenvalue weighted by atomic mass is 19.1. The van der Waals surface area contributed by atoms with Crippen LogP contribution in [0.25, 0.3) is 0 Å². The first kappa shape index (κ1) is 14.0. The second-order valence-electron chi connectivity index (χ2n) is 5.13. The van der Waals surface area contributed by atoms with E-state index in [0.717, 1.165) is 12.1 Å². The van der Waals surface area contributed by atoms with E-state index < -0.39 is 17.8 Å². The van der Waals surface area contributed by atoms with E-state index in [1.54, 1.807) is 0 Å². The second kappa shape index (κ2) is 5.54. The molecule has 1 nitrogen and oxygen atoms in total. The predicted molar refractivity (Wildman–Crippen MR) is 62.7 cm³/mol. The summed E-state index contributed by atoms with van der Waals surface area (Å²) < 4.78 is 40.1. The van der Waals surface area contributed by atoms with Crippen molar-refractivity contribution in [3.8, 4) is 0 Å². The molecular formula is C13H18F3N. The normalized spacial score (nSPS) is 13.8. The molecule has 0 aliphatic carbocycles. The largest absolute Gasteiger partial charge is 0.309 e. The van der Waals surface area contributed by atoms with E-state index >= 15 is 0 Å². The van der Waals surface area contributed by atoms with Crippen LogP contribution in [0.1, 0.15) is 26.3 Å². The van der Waals surface area contributed by atoms with Crippen LogP contribution in [0.15, 0.2) is 18.2 Å². The molecule has 1 aromatic carbocycles. The van der Waals surface area contributed by atoms with Gasteiger partial charge in [0.2, 0.25) is 0 Å². The Hall–Kier alpha value is -1.03. The van der Waals surface area contributed by atoms with E-state index in [2.05, 4.69) is 5.32 Å².